The van der Waals surface area contributed by atoms with Crippen LogP contribution in [0.4, 0.5) is 4.39 Å². The van der Waals surface area contributed by atoms with E-state index >= 15 is 0 Å². The van der Waals surface area contributed by atoms with Gasteiger partial charge >= 0.3 is 0 Å². The van der Waals surface area contributed by atoms with Gasteiger partial charge in [-0.1, -0.05) is 11.6 Å². The van der Waals surface area contributed by atoms with Crippen LogP contribution in [0.5, 0.6) is 5.75 Å². The Labute approximate surface area is 194 Å². The van der Waals surface area contributed by atoms with E-state index in [2.05, 4.69) is 10.3 Å². The molecule has 7 nitrogen and oxygen atoms in total. The number of nitrogens with zero attached hydrogens (tertiary/aromatic N) is 3. The van der Waals surface area contributed by atoms with Crippen LogP contribution in [0.3, 0.4) is 0 Å². The summed E-state index contributed by atoms with van der Waals surface area (Å²) in [5, 5.41) is 3.23. The predicted octanol–water partition coefficient (Wildman–Crippen LogP) is 3.89. The van der Waals surface area contributed by atoms with Crippen LogP contribution in [-0.2, 0) is 6.54 Å². The van der Waals surface area contributed by atoms with Gasteiger partial charge in [-0.25, -0.2) is 9.37 Å². The molecule has 2 aliphatic rings. The Morgan fingerprint density at radius 2 is 2.09 bits per heavy atom. The third-order valence-electron chi connectivity index (χ3n) is 5.82. The Kier molecular flexibility index (Phi) is 4.93. The summed E-state index contributed by atoms with van der Waals surface area (Å²) < 4.78 is 23.5. The van der Waals surface area contributed by atoms with Crippen molar-refractivity contribution in [3.8, 4) is 11.4 Å². The normalized spacial score (nSPS) is 18.6. The van der Waals surface area contributed by atoms with E-state index in [1.165, 1.54) is 10.6 Å². The van der Waals surface area contributed by atoms with Crippen molar-refractivity contribution in [2.45, 2.75) is 45.4 Å². The number of benzene rings is 1. The molecule has 5 rings (SSSR count). The van der Waals surface area contributed by atoms with Gasteiger partial charge < -0.3 is 19.2 Å². The molecule has 0 bridgehead atoms. The van der Waals surface area contributed by atoms with Gasteiger partial charge in [0.25, 0.3) is 11.5 Å². The van der Waals surface area contributed by atoms with Crippen LogP contribution in [0.2, 0.25) is 5.02 Å². The highest BCUT2D eigenvalue weighted by molar-refractivity contribution is 6.30. The largest absolute Gasteiger partial charge is 0.480 e. The molecular formula is C24H22ClFN4O3. The molecule has 0 fully saturated rings. The van der Waals surface area contributed by atoms with Gasteiger partial charge in [-0.15, -0.1) is 0 Å². The Morgan fingerprint density at radius 1 is 1.30 bits per heavy atom. The summed E-state index contributed by atoms with van der Waals surface area (Å²) in [5.41, 5.74) is 1.83. The van der Waals surface area contributed by atoms with Crippen molar-refractivity contribution in [1.82, 2.24) is 19.4 Å². The minimum absolute atomic E-state index is 0.138. The molecule has 1 N–H and O–H groups in total. The van der Waals surface area contributed by atoms with E-state index in [0.717, 1.165) is 11.3 Å². The number of halogens is 2. The molecule has 2 aliphatic heterocycles. The van der Waals surface area contributed by atoms with Gasteiger partial charge in [0.1, 0.15) is 17.0 Å². The molecule has 1 aromatic carbocycles. The van der Waals surface area contributed by atoms with E-state index in [9.17, 15) is 14.0 Å². The van der Waals surface area contributed by atoms with Gasteiger partial charge in [0.15, 0.2) is 11.6 Å². The van der Waals surface area contributed by atoms with E-state index < -0.39 is 11.4 Å². The number of ether oxygens (including phenoxy) is 1. The number of pyridine rings is 1. The second-order valence-electron chi connectivity index (χ2n) is 8.96. The molecule has 0 radical (unpaired) electrons. The summed E-state index contributed by atoms with van der Waals surface area (Å²) in [6, 6.07) is 5.76. The smallest absolute Gasteiger partial charge is 0.275 e. The first-order chi connectivity index (χ1) is 15.6. The molecular weight excluding hydrogens is 447 g/mol. The number of amides is 1. The van der Waals surface area contributed by atoms with Crippen molar-refractivity contribution in [3.05, 3.63) is 81.0 Å². The summed E-state index contributed by atoms with van der Waals surface area (Å²) in [6.45, 7) is 5.79. The molecule has 1 unspecified atom stereocenters. The average molecular weight is 469 g/mol. The van der Waals surface area contributed by atoms with E-state index in [1.54, 1.807) is 35.3 Å². The molecule has 9 heteroatoms. The molecule has 4 heterocycles. The van der Waals surface area contributed by atoms with Gasteiger partial charge in [0.2, 0.25) is 0 Å². The lowest BCUT2D eigenvalue weighted by molar-refractivity contribution is 0.0899. The highest BCUT2D eigenvalue weighted by atomic mass is 35.5. The number of nitrogens with one attached hydrogen (secondary N) is 1. The molecule has 2 aromatic heterocycles. The zero-order chi connectivity index (χ0) is 23.5. The first kappa shape index (κ1) is 21.5. The van der Waals surface area contributed by atoms with Gasteiger partial charge in [-0.2, -0.15) is 0 Å². The van der Waals surface area contributed by atoms with Crippen LogP contribution >= 0.6 is 11.6 Å². The van der Waals surface area contributed by atoms with Crippen molar-refractivity contribution in [2.24, 2.45) is 0 Å². The number of aromatic nitrogens is 3. The van der Waals surface area contributed by atoms with Gasteiger partial charge in [0, 0.05) is 23.3 Å². The fourth-order valence-electron chi connectivity index (χ4n) is 4.46. The van der Waals surface area contributed by atoms with Crippen molar-refractivity contribution in [3.63, 3.8) is 0 Å². The second kappa shape index (κ2) is 7.59. The van der Waals surface area contributed by atoms with Crippen molar-refractivity contribution in [1.29, 1.82) is 0 Å². The maximum atomic E-state index is 14.6. The minimum Gasteiger partial charge on any atom is -0.480 e. The number of hydrogen-bond donors (Lipinski definition) is 1. The maximum Gasteiger partial charge on any atom is 0.275 e. The number of carbonyl (C=O) groups is 1. The van der Waals surface area contributed by atoms with E-state index in [-0.39, 0.29) is 34.8 Å². The molecule has 170 valence electrons. The standard InChI is InChI=1S/C24H22ClFN4O3/c1-13-10-29(12-27-13)20-5-4-19-22(31)28-16(11-30(19)23(20)32)6-14-9-24(2,3)33-21-17(14)7-15(25)8-18(21)26/h4-5,7-10,12,16H,6,11H2,1-3H3,(H,28,31). The molecule has 0 aliphatic carbocycles. The number of carbonyl (C=O) groups excluding carboxylic acids is 1. The molecule has 1 amide bonds. The molecule has 1 atom stereocenters. The van der Waals surface area contributed by atoms with Crippen LogP contribution in [0.15, 0.2) is 47.7 Å². The highest BCUT2D eigenvalue weighted by Gasteiger charge is 2.33. The highest BCUT2D eigenvalue weighted by Crippen LogP contribution is 2.41. The number of aryl methyl sites for hydroxylation is 1. The fourth-order valence-corrected chi connectivity index (χ4v) is 4.67. The summed E-state index contributed by atoms with van der Waals surface area (Å²) in [4.78, 5) is 30.2. The van der Waals surface area contributed by atoms with Crippen molar-refractivity contribution in [2.75, 3.05) is 0 Å². The lowest BCUT2D eigenvalue weighted by Gasteiger charge is -2.34. The van der Waals surface area contributed by atoms with Crippen molar-refractivity contribution >= 4 is 23.1 Å². The van der Waals surface area contributed by atoms with Gasteiger partial charge in [0.05, 0.1) is 18.1 Å². The van der Waals surface area contributed by atoms with Crippen molar-refractivity contribution < 1.29 is 13.9 Å². The summed E-state index contributed by atoms with van der Waals surface area (Å²) in [6.07, 6.45) is 5.61. The molecule has 0 saturated heterocycles. The Morgan fingerprint density at radius 3 is 2.82 bits per heavy atom. The Hall–Kier alpha value is -3.39. The zero-order valence-corrected chi connectivity index (χ0v) is 19.1. The summed E-state index contributed by atoms with van der Waals surface area (Å²) in [7, 11) is 0. The number of fused-ring (bicyclic) bond motifs is 2. The Bertz CT molecular complexity index is 1390. The first-order valence-corrected chi connectivity index (χ1v) is 10.9. The van der Waals surface area contributed by atoms with Crippen LogP contribution in [0.1, 0.15) is 42.0 Å². The molecule has 0 spiro atoms. The topological polar surface area (TPSA) is 78.1 Å². The Balaban J connectivity index is 1.51. The van der Waals surface area contributed by atoms with Crippen LogP contribution in [0, 0.1) is 12.7 Å². The zero-order valence-electron chi connectivity index (χ0n) is 18.4. The van der Waals surface area contributed by atoms with Crippen LogP contribution in [0.25, 0.3) is 11.3 Å². The third-order valence-corrected chi connectivity index (χ3v) is 6.04. The average Bonchev–Trinajstić information content (AvgIpc) is 3.15. The minimum atomic E-state index is -0.739. The maximum absolute atomic E-state index is 14.6. The summed E-state index contributed by atoms with van der Waals surface area (Å²) >= 11 is 6.10. The van der Waals surface area contributed by atoms with Crippen LogP contribution in [-0.4, -0.2) is 31.7 Å². The quantitative estimate of drug-likeness (QED) is 0.632. The van der Waals surface area contributed by atoms with Gasteiger partial charge in [-0.3, -0.25) is 9.59 Å². The van der Waals surface area contributed by atoms with Gasteiger partial charge in [-0.05, 0) is 63.1 Å². The third kappa shape index (κ3) is 3.84. The molecule has 33 heavy (non-hydrogen) atoms. The van der Waals surface area contributed by atoms with E-state index in [0.29, 0.717) is 23.4 Å². The fraction of sp³-hybridized carbons (Fsp3) is 0.292. The second-order valence-corrected chi connectivity index (χ2v) is 9.39. The van der Waals surface area contributed by atoms with Crippen LogP contribution < -0.4 is 15.6 Å². The molecule has 0 saturated carbocycles. The number of rotatable bonds is 3. The predicted molar refractivity (Wildman–Crippen MR) is 123 cm³/mol. The summed E-state index contributed by atoms with van der Waals surface area (Å²) in [5.74, 6) is -0.730. The van der Waals surface area contributed by atoms with E-state index in [4.69, 9.17) is 16.3 Å². The monoisotopic (exact) mass is 468 g/mol. The SMILES string of the molecule is Cc1cn(-c2ccc3n(c2=O)CC(CC2=CC(C)(C)Oc4c(F)cc(Cl)cc42)NC3=O)cn1. The first-order valence-electron chi connectivity index (χ1n) is 10.6. The lowest BCUT2D eigenvalue weighted by atomic mass is 9.90. The number of hydrogen-bond acceptors (Lipinski definition) is 4. The van der Waals surface area contributed by atoms with E-state index in [1.807, 2.05) is 26.8 Å². The number of imidazole rings is 1. The lowest BCUT2D eigenvalue weighted by Crippen LogP contribution is -2.48. The molecule has 3 aromatic rings.